The molecule has 0 radical (unpaired) electrons. The first-order chi connectivity index (χ1) is 6.52. The summed E-state index contributed by atoms with van der Waals surface area (Å²) in [5, 5.41) is 11.1. The Kier molecular flexibility index (Phi) is 5.67. The molecule has 1 atom stereocenters. The lowest BCUT2D eigenvalue weighted by Crippen LogP contribution is -2.46. The summed E-state index contributed by atoms with van der Waals surface area (Å²) in [5.74, 6) is -0.995. The number of carboxylic acid groups (broad SMARTS) is 1. The summed E-state index contributed by atoms with van der Waals surface area (Å²) in [7, 11) is 1.65. The minimum Gasteiger partial charge on any atom is -0.480 e. The van der Waals surface area contributed by atoms with Crippen molar-refractivity contribution in [3.8, 4) is 0 Å². The second kappa shape index (κ2) is 6.23. The highest BCUT2D eigenvalue weighted by molar-refractivity contribution is 5.82. The summed E-state index contributed by atoms with van der Waals surface area (Å²) in [6.07, 6.45) is 1.24. The molecule has 0 aliphatic rings. The van der Waals surface area contributed by atoms with Crippen molar-refractivity contribution in [1.82, 2.24) is 10.2 Å². The molecule has 0 aliphatic carbocycles. The van der Waals surface area contributed by atoms with Crippen molar-refractivity contribution >= 4 is 12.0 Å². The number of hydrogen-bond donors (Lipinski definition) is 2. The molecule has 0 saturated carbocycles. The average Bonchev–Trinajstić information content (AvgIpc) is 2.13. The van der Waals surface area contributed by atoms with Crippen molar-refractivity contribution < 1.29 is 14.7 Å². The van der Waals surface area contributed by atoms with Gasteiger partial charge in [-0.05, 0) is 12.8 Å². The topological polar surface area (TPSA) is 69.6 Å². The van der Waals surface area contributed by atoms with Crippen LogP contribution in [0.4, 0.5) is 4.79 Å². The lowest BCUT2D eigenvalue weighted by molar-refractivity contribution is -0.139. The van der Waals surface area contributed by atoms with Crippen molar-refractivity contribution in [1.29, 1.82) is 0 Å². The van der Waals surface area contributed by atoms with Crippen molar-refractivity contribution in [2.45, 2.75) is 32.7 Å². The first-order valence-corrected chi connectivity index (χ1v) is 4.77. The maximum atomic E-state index is 11.4. The lowest BCUT2D eigenvalue weighted by Gasteiger charge is -2.19. The van der Waals surface area contributed by atoms with Crippen LogP contribution in [-0.4, -0.2) is 41.6 Å². The number of carbonyl (C=O) groups is 2. The second-order valence-corrected chi connectivity index (χ2v) is 3.17. The van der Waals surface area contributed by atoms with E-state index in [-0.39, 0.29) is 6.03 Å². The van der Waals surface area contributed by atoms with Gasteiger partial charge in [-0.2, -0.15) is 0 Å². The fourth-order valence-corrected chi connectivity index (χ4v) is 1.03. The van der Waals surface area contributed by atoms with Crippen molar-refractivity contribution in [3.63, 3.8) is 0 Å². The standard InChI is InChI=1S/C9H18N2O3/c1-4-6-11(3)9(14)10-7(5-2)8(12)13/h7H,4-6H2,1-3H3,(H,10,14)(H,12,13)/t7-/m1/s1. The van der Waals surface area contributed by atoms with Crippen LogP contribution in [-0.2, 0) is 4.79 Å². The van der Waals surface area contributed by atoms with Gasteiger partial charge in [0.05, 0.1) is 0 Å². The third-order valence-electron chi connectivity index (χ3n) is 1.91. The molecular weight excluding hydrogens is 184 g/mol. The van der Waals surface area contributed by atoms with Gasteiger partial charge in [0, 0.05) is 13.6 Å². The van der Waals surface area contributed by atoms with Gasteiger partial charge < -0.3 is 15.3 Å². The van der Waals surface area contributed by atoms with E-state index in [1.54, 1.807) is 14.0 Å². The number of nitrogens with zero attached hydrogens (tertiary/aromatic N) is 1. The van der Waals surface area contributed by atoms with Gasteiger partial charge in [-0.15, -0.1) is 0 Å². The van der Waals surface area contributed by atoms with E-state index in [2.05, 4.69) is 5.32 Å². The Hall–Kier alpha value is -1.26. The van der Waals surface area contributed by atoms with Gasteiger partial charge in [0.2, 0.25) is 0 Å². The van der Waals surface area contributed by atoms with Crippen LogP contribution in [0.2, 0.25) is 0 Å². The van der Waals surface area contributed by atoms with Gasteiger partial charge in [0.15, 0.2) is 0 Å². The van der Waals surface area contributed by atoms with Gasteiger partial charge in [0.1, 0.15) is 6.04 Å². The lowest BCUT2D eigenvalue weighted by atomic mass is 10.2. The zero-order chi connectivity index (χ0) is 11.1. The molecule has 2 N–H and O–H groups in total. The van der Waals surface area contributed by atoms with Crippen LogP contribution in [0.1, 0.15) is 26.7 Å². The molecular formula is C9H18N2O3. The predicted octanol–water partition coefficient (Wildman–Crippen LogP) is 0.901. The maximum Gasteiger partial charge on any atom is 0.326 e. The predicted molar refractivity (Wildman–Crippen MR) is 53.2 cm³/mol. The average molecular weight is 202 g/mol. The zero-order valence-electron chi connectivity index (χ0n) is 8.91. The Bertz CT molecular complexity index is 206. The first-order valence-electron chi connectivity index (χ1n) is 4.77. The fraction of sp³-hybridized carbons (Fsp3) is 0.778. The summed E-state index contributed by atoms with van der Waals surface area (Å²) in [6, 6.07) is -1.12. The van der Waals surface area contributed by atoms with E-state index in [1.165, 1.54) is 4.90 Å². The van der Waals surface area contributed by atoms with Crippen molar-refractivity contribution in [2.75, 3.05) is 13.6 Å². The molecule has 0 aromatic rings. The molecule has 2 amide bonds. The van der Waals surface area contributed by atoms with Gasteiger partial charge in [-0.1, -0.05) is 13.8 Å². The smallest absolute Gasteiger partial charge is 0.326 e. The first kappa shape index (κ1) is 12.7. The maximum absolute atomic E-state index is 11.4. The van der Waals surface area contributed by atoms with E-state index < -0.39 is 12.0 Å². The van der Waals surface area contributed by atoms with Crippen LogP contribution in [0.15, 0.2) is 0 Å². The molecule has 0 unspecified atom stereocenters. The Morgan fingerprint density at radius 3 is 2.36 bits per heavy atom. The van der Waals surface area contributed by atoms with Crippen LogP contribution in [0.3, 0.4) is 0 Å². The number of hydrogen-bond acceptors (Lipinski definition) is 2. The summed E-state index contributed by atoms with van der Waals surface area (Å²) < 4.78 is 0. The van der Waals surface area contributed by atoms with E-state index in [0.29, 0.717) is 13.0 Å². The zero-order valence-corrected chi connectivity index (χ0v) is 8.91. The van der Waals surface area contributed by atoms with E-state index in [1.807, 2.05) is 6.92 Å². The molecule has 82 valence electrons. The van der Waals surface area contributed by atoms with E-state index in [0.717, 1.165) is 6.42 Å². The minimum atomic E-state index is -0.995. The van der Waals surface area contributed by atoms with E-state index in [9.17, 15) is 9.59 Å². The number of carboxylic acids is 1. The third-order valence-corrected chi connectivity index (χ3v) is 1.91. The van der Waals surface area contributed by atoms with Gasteiger partial charge >= 0.3 is 12.0 Å². The van der Waals surface area contributed by atoms with Crippen LogP contribution in [0.5, 0.6) is 0 Å². The van der Waals surface area contributed by atoms with Gasteiger partial charge in [0.25, 0.3) is 0 Å². The molecule has 5 nitrogen and oxygen atoms in total. The van der Waals surface area contributed by atoms with Crippen LogP contribution >= 0.6 is 0 Å². The Labute approximate surface area is 84.1 Å². The number of nitrogens with one attached hydrogen (secondary N) is 1. The normalized spacial score (nSPS) is 11.9. The number of rotatable bonds is 5. The molecule has 5 heteroatoms. The second-order valence-electron chi connectivity index (χ2n) is 3.17. The highest BCUT2D eigenvalue weighted by Gasteiger charge is 2.18. The van der Waals surface area contributed by atoms with Crippen LogP contribution < -0.4 is 5.32 Å². The molecule has 0 heterocycles. The molecule has 0 aliphatic heterocycles. The summed E-state index contributed by atoms with van der Waals surface area (Å²) in [4.78, 5) is 23.4. The Morgan fingerprint density at radius 1 is 1.43 bits per heavy atom. The fourth-order valence-electron chi connectivity index (χ4n) is 1.03. The molecule has 0 fully saturated rings. The molecule has 0 aromatic heterocycles. The van der Waals surface area contributed by atoms with Gasteiger partial charge in [-0.25, -0.2) is 9.59 Å². The molecule has 0 bridgehead atoms. The molecule has 14 heavy (non-hydrogen) atoms. The summed E-state index contributed by atoms with van der Waals surface area (Å²) in [5.41, 5.74) is 0. The molecule has 0 rings (SSSR count). The number of carbonyl (C=O) groups excluding carboxylic acids is 1. The molecule has 0 aromatic carbocycles. The molecule has 0 saturated heterocycles. The number of urea groups is 1. The van der Waals surface area contributed by atoms with E-state index in [4.69, 9.17) is 5.11 Å². The summed E-state index contributed by atoms with van der Waals surface area (Å²) in [6.45, 7) is 4.30. The SMILES string of the molecule is CCCN(C)C(=O)N[C@H](CC)C(=O)O. The largest absolute Gasteiger partial charge is 0.480 e. The monoisotopic (exact) mass is 202 g/mol. The highest BCUT2D eigenvalue weighted by atomic mass is 16.4. The Morgan fingerprint density at radius 2 is 2.00 bits per heavy atom. The third kappa shape index (κ3) is 4.11. The summed E-state index contributed by atoms with van der Waals surface area (Å²) >= 11 is 0. The number of amides is 2. The highest BCUT2D eigenvalue weighted by Crippen LogP contribution is 1.94. The van der Waals surface area contributed by atoms with Crippen molar-refractivity contribution in [2.24, 2.45) is 0 Å². The number of aliphatic carboxylic acids is 1. The van der Waals surface area contributed by atoms with Crippen LogP contribution in [0.25, 0.3) is 0 Å². The minimum absolute atomic E-state index is 0.332. The van der Waals surface area contributed by atoms with Crippen LogP contribution in [0, 0.1) is 0 Å². The van der Waals surface area contributed by atoms with Gasteiger partial charge in [-0.3, -0.25) is 0 Å². The molecule has 0 spiro atoms. The van der Waals surface area contributed by atoms with E-state index >= 15 is 0 Å². The Balaban J connectivity index is 4.08. The quantitative estimate of drug-likeness (QED) is 0.696. The van der Waals surface area contributed by atoms with Crippen molar-refractivity contribution in [3.05, 3.63) is 0 Å².